The van der Waals surface area contributed by atoms with Crippen molar-refractivity contribution in [3.05, 3.63) is 12.4 Å². The van der Waals surface area contributed by atoms with E-state index in [0.717, 1.165) is 18.8 Å². The fraction of sp³-hybridized carbons (Fsp3) is 0.429. The molecule has 0 unspecified atom stereocenters. The third-order valence-electron chi connectivity index (χ3n) is 1.21. The van der Waals surface area contributed by atoms with E-state index in [1.54, 1.807) is 6.20 Å². The van der Waals surface area contributed by atoms with Gasteiger partial charge in [-0.2, -0.15) is 0 Å². The van der Waals surface area contributed by atoms with E-state index in [-0.39, 0.29) is 0 Å². The lowest BCUT2D eigenvalue weighted by Crippen LogP contribution is -2.03. The number of nitrogens with zero attached hydrogens (tertiary/aromatic N) is 2. The lowest BCUT2D eigenvalue weighted by molar-refractivity contribution is 0.966. The van der Waals surface area contributed by atoms with Crippen LogP contribution in [-0.4, -0.2) is 16.5 Å². The summed E-state index contributed by atoms with van der Waals surface area (Å²) in [6.07, 6.45) is 4.25. The number of hydrogen-bond acceptors (Lipinski definition) is 4. The summed E-state index contributed by atoms with van der Waals surface area (Å²) in [6, 6.07) is 0. The van der Waals surface area contributed by atoms with E-state index in [1.807, 2.05) is 0 Å². The van der Waals surface area contributed by atoms with Crippen molar-refractivity contribution >= 4 is 11.6 Å². The molecule has 0 aliphatic rings. The third kappa shape index (κ3) is 2.41. The Morgan fingerprint density at radius 2 is 2.36 bits per heavy atom. The van der Waals surface area contributed by atoms with Gasteiger partial charge in [-0.05, 0) is 6.42 Å². The van der Waals surface area contributed by atoms with E-state index in [0.29, 0.717) is 5.82 Å². The summed E-state index contributed by atoms with van der Waals surface area (Å²) in [5.74, 6) is 1.19. The predicted molar refractivity (Wildman–Crippen MR) is 45.2 cm³/mol. The fourth-order valence-electron chi connectivity index (χ4n) is 0.719. The number of nitrogens with one attached hydrogen (secondary N) is 1. The van der Waals surface area contributed by atoms with E-state index in [9.17, 15) is 0 Å². The second kappa shape index (κ2) is 3.75. The number of hydrogen-bond donors (Lipinski definition) is 2. The van der Waals surface area contributed by atoms with Crippen LogP contribution in [0.3, 0.4) is 0 Å². The molecule has 1 aromatic heterocycles. The van der Waals surface area contributed by atoms with Gasteiger partial charge in [0.25, 0.3) is 0 Å². The zero-order valence-electron chi connectivity index (χ0n) is 6.54. The molecule has 3 N–H and O–H groups in total. The lowest BCUT2D eigenvalue weighted by atomic mass is 10.5. The van der Waals surface area contributed by atoms with Crippen molar-refractivity contribution in [2.75, 3.05) is 17.6 Å². The van der Waals surface area contributed by atoms with E-state index >= 15 is 0 Å². The van der Waals surface area contributed by atoms with Gasteiger partial charge in [0, 0.05) is 6.54 Å². The number of aromatic nitrogens is 2. The van der Waals surface area contributed by atoms with Crippen LogP contribution in [0.2, 0.25) is 0 Å². The SMILES string of the molecule is CCCNc1cncc(N)n1. The molecule has 0 saturated heterocycles. The maximum absolute atomic E-state index is 5.42. The van der Waals surface area contributed by atoms with Crippen LogP contribution in [0.1, 0.15) is 13.3 Å². The van der Waals surface area contributed by atoms with Crippen molar-refractivity contribution in [2.45, 2.75) is 13.3 Å². The summed E-state index contributed by atoms with van der Waals surface area (Å²) in [7, 11) is 0. The molecule has 0 amide bonds. The molecule has 0 bridgehead atoms. The maximum atomic E-state index is 5.42. The molecule has 60 valence electrons. The van der Waals surface area contributed by atoms with E-state index < -0.39 is 0 Å². The lowest BCUT2D eigenvalue weighted by Gasteiger charge is -2.01. The minimum atomic E-state index is 0.450. The van der Waals surface area contributed by atoms with Crippen LogP contribution in [0.15, 0.2) is 12.4 Å². The Labute approximate surface area is 65.9 Å². The average Bonchev–Trinajstić information content (AvgIpc) is 2.01. The van der Waals surface area contributed by atoms with Crippen LogP contribution >= 0.6 is 0 Å². The highest BCUT2D eigenvalue weighted by molar-refractivity contribution is 5.37. The van der Waals surface area contributed by atoms with Crippen LogP contribution in [0, 0.1) is 0 Å². The van der Waals surface area contributed by atoms with Gasteiger partial charge in [0.15, 0.2) is 0 Å². The van der Waals surface area contributed by atoms with Crippen LogP contribution in [-0.2, 0) is 0 Å². The maximum Gasteiger partial charge on any atom is 0.146 e. The van der Waals surface area contributed by atoms with Gasteiger partial charge in [0.2, 0.25) is 0 Å². The molecule has 0 aromatic carbocycles. The molecule has 1 aromatic rings. The quantitative estimate of drug-likeness (QED) is 0.674. The number of nitrogens with two attached hydrogens (primary N) is 1. The molecule has 0 saturated carbocycles. The van der Waals surface area contributed by atoms with Gasteiger partial charge in [-0.1, -0.05) is 6.92 Å². The first-order chi connectivity index (χ1) is 5.33. The van der Waals surface area contributed by atoms with Crippen LogP contribution in [0.4, 0.5) is 11.6 Å². The summed E-state index contributed by atoms with van der Waals surface area (Å²) in [4.78, 5) is 7.90. The third-order valence-corrected chi connectivity index (χ3v) is 1.21. The Balaban J connectivity index is 2.56. The Bertz CT molecular complexity index is 223. The Morgan fingerprint density at radius 1 is 1.55 bits per heavy atom. The molecule has 11 heavy (non-hydrogen) atoms. The standard InChI is InChI=1S/C7H12N4/c1-2-3-10-7-5-9-4-6(8)11-7/h4-5H,2-3H2,1H3,(H3,8,10,11). The summed E-state index contributed by atoms with van der Waals surface area (Å²) in [6.45, 7) is 2.99. The van der Waals surface area contributed by atoms with Gasteiger partial charge in [0.1, 0.15) is 11.6 Å². The van der Waals surface area contributed by atoms with Gasteiger partial charge in [-0.3, -0.25) is 4.98 Å². The van der Waals surface area contributed by atoms with Crippen LogP contribution in [0.5, 0.6) is 0 Å². The van der Waals surface area contributed by atoms with Crippen LogP contribution in [0.25, 0.3) is 0 Å². The van der Waals surface area contributed by atoms with E-state index in [1.165, 1.54) is 6.20 Å². The molecule has 0 aliphatic heterocycles. The molecule has 0 atom stereocenters. The topological polar surface area (TPSA) is 63.8 Å². The Kier molecular flexibility index (Phi) is 2.66. The highest BCUT2D eigenvalue weighted by atomic mass is 15.0. The predicted octanol–water partition coefficient (Wildman–Crippen LogP) is 0.881. The average molecular weight is 152 g/mol. The molecule has 4 heteroatoms. The summed E-state index contributed by atoms with van der Waals surface area (Å²) < 4.78 is 0. The monoisotopic (exact) mass is 152 g/mol. The van der Waals surface area contributed by atoms with Crippen LogP contribution < -0.4 is 11.1 Å². The molecule has 1 rings (SSSR count). The van der Waals surface area contributed by atoms with E-state index in [4.69, 9.17) is 5.73 Å². The highest BCUT2D eigenvalue weighted by Gasteiger charge is 1.91. The first kappa shape index (κ1) is 7.78. The minimum absolute atomic E-state index is 0.450. The van der Waals surface area contributed by atoms with Crippen molar-refractivity contribution < 1.29 is 0 Å². The molecule has 4 nitrogen and oxygen atoms in total. The molecular weight excluding hydrogens is 140 g/mol. The zero-order chi connectivity index (χ0) is 8.10. The first-order valence-electron chi connectivity index (χ1n) is 3.64. The van der Waals surface area contributed by atoms with Crippen molar-refractivity contribution in [1.82, 2.24) is 9.97 Å². The van der Waals surface area contributed by atoms with Gasteiger partial charge in [0.05, 0.1) is 12.4 Å². The van der Waals surface area contributed by atoms with E-state index in [2.05, 4.69) is 22.2 Å². The smallest absolute Gasteiger partial charge is 0.146 e. The molecule has 0 aliphatic carbocycles. The van der Waals surface area contributed by atoms with Crippen molar-refractivity contribution in [3.8, 4) is 0 Å². The Morgan fingerprint density at radius 3 is 3.00 bits per heavy atom. The van der Waals surface area contributed by atoms with Gasteiger partial charge in [-0.15, -0.1) is 0 Å². The number of rotatable bonds is 3. The fourth-order valence-corrected chi connectivity index (χ4v) is 0.719. The second-order valence-electron chi connectivity index (χ2n) is 2.26. The second-order valence-corrected chi connectivity index (χ2v) is 2.26. The van der Waals surface area contributed by atoms with Gasteiger partial charge < -0.3 is 11.1 Å². The molecule has 1 heterocycles. The molecule has 0 fully saturated rings. The molecular formula is C7H12N4. The Hall–Kier alpha value is -1.32. The van der Waals surface area contributed by atoms with Crippen molar-refractivity contribution in [2.24, 2.45) is 0 Å². The van der Waals surface area contributed by atoms with Gasteiger partial charge in [-0.25, -0.2) is 4.98 Å². The summed E-state index contributed by atoms with van der Waals surface area (Å²) in [5.41, 5.74) is 5.42. The summed E-state index contributed by atoms with van der Waals surface area (Å²) in [5, 5.41) is 3.08. The number of nitrogen functional groups attached to an aromatic ring is 1. The minimum Gasteiger partial charge on any atom is -0.382 e. The first-order valence-corrected chi connectivity index (χ1v) is 3.64. The number of anilines is 2. The summed E-state index contributed by atoms with van der Waals surface area (Å²) >= 11 is 0. The highest BCUT2D eigenvalue weighted by Crippen LogP contribution is 2.01. The van der Waals surface area contributed by atoms with Crippen molar-refractivity contribution in [1.29, 1.82) is 0 Å². The van der Waals surface area contributed by atoms with Gasteiger partial charge >= 0.3 is 0 Å². The molecule has 0 spiro atoms. The largest absolute Gasteiger partial charge is 0.382 e. The zero-order valence-corrected chi connectivity index (χ0v) is 6.54. The normalized spacial score (nSPS) is 9.55. The molecule has 0 radical (unpaired) electrons. The van der Waals surface area contributed by atoms with Crippen molar-refractivity contribution in [3.63, 3.8) is 0 Å².